The van der Waals surface area contributed by atoms with Crippen molar-refractivity contribution in [1.29, 1.82) is 0 Å². The van der Waals surface area contributed by atoms with E-state index in [2.05, 4.69) is 62.3 Å². The van der Waals surface area contributed by atoms with Crippen LogP contribution in [0.3, 0.4) is 0 Å². The number of hydrogen-bond acceptors (Lipinski definition) is 9. The molecule has 12 aromatic rings. The Balaban J connectivity index is 0.000000212. The van der Waals surface area contributed by atoms with Crippen molar-refractivity contribution in [1.82, 2.24) is 42.2 Å². The monoisotopic (exact) mass is 1000 g/mol. The molecule has 4 N–H and O–H groups in total. The van der Waals surface area contributed by atoms with Gasteiger partial charge in [-0.25, -0.2) is 14.4 Å². The van der Waals surface area contributed by atoms with E-state index in [1.807, 2.05) is 90.7 Å². The van der Waals surface area contributed by atoms with Gasteiger partial charge in [-0.1, -0.05) is 80.5 Å². The number of ether oxygens (including phenoxy) is 3. The summed E-state index contributed by atoms with van der Waals surface area (Å²) in [7, 11) is 0. The average Bonchev–Trinajstić information content (AvgIpc) is 4.28. The first-order valence-corrected chi connectivity index (χ1v) is 24.3. The van der Waals surface area contributed by atoms with E-state index >= 15 is 0 Å². The normalized spacial score (nSPS) is 12.8. The van der Waals surface area contributed by atoms with Crippen molar-refractivity contribution in [3.05, 3.63) is 143 Å². The fraction of sp³-hybridized carbons (Fsp3) is 0.291. The van der Waals surface area contributed by atoms with Gasteiger partial charge in [-0.15, -0.1) is 42.2 Å². The second-order valence-electron chi connectivity index (χ2n) is 21.8. The van der Waals surface area contributed by atoms with E-state index in [0.717, 1.165) is 49.8 Å². The first kappa shape index (κ1) is 47.6. The molecule has 0 atom stereocenters. The standard InChI is InChI=1S/C38H40N6O7.C17H17N3O3/c1-37(2,3)25-9-13-33(45)31(21-25)43-39-27-11-7-23(19-29(27)41(39)43)35(47)50-17-15-49-16-18-51-36(48)24-8-12-28-30(20-24)42-40(28)44(42)32-22-26(38(4,5)6)10-14-34(32)46;1-17(2,3)11-5-7-15(21)14(9-11)20-18-12-6-4-10(16(22)23)8-13(12)19(18)20/h7-14,19-22,45-46H,15-18H2,1-6H3;4-9,21H,1-3H3,(H,22,23). The summed E-state index contributed by atoms with van der Waals surface area (Å²) in [6.07, 6.45) is 0. The number of nitrogens with zero attached hydrogens (tertiary/aromatic N) is 9. The molecule has 6 aromatic carbocycles. The summed E-state index contributed by atoms with van der Waals surface area (Å²) in [5.74, 6) is -1.36. The van der Waals surface area contributed by atoms with Gasteiger partial charge in [-0.2, -0.15) is 0 Å². The highest BCUT2D eigenvalue weighted by atomic mass is 16.6. The molecule has 0 saturated carbocycles. The van der Waals surface area contributed by atoms with E-state index in [9.17, 15) is 29.7 Å². The Hall–Kier alpha value is -8.71. The minimum Gasteiger partial charge on any atom is -0.506 e. The van der Waals surface area contributed by atoms with Crippen LogP contribution in [0.15, 0.2) is 109 Å². The predicted octanol–water partition coefficient (Wildman–Crippen LogP) is 9.31. The number of carboxylic acids is 1. The third-order valence-corrected chi connectivity index (χ3v) is 13.6. The fourth-order valence-corrected chi connectivity index (χ4v) is 9.13. The van der Waals surface area contributed by atoms with Gasteiger partial charge in [0.15, 0.2) is 0 Å². The molecule has 0 unspecified atom stereocenters. The number of phenols is 3. The molecular formula is C55H57N9O10. The van der Waals surface area contributed by atoms with Crippen molar-refractivity contribution in [2.45, 2.75) is 78.6 Å². The Morgan fingerprint density at radius 1 is 0.392 bits per heavy atom. The third-order valence-electron chi connectivity index (χ3n) is 13.6. The third kappa shape index (κ3) is 7.99. The van der Waals surface area contributed by atoms with E-state index in [4.69, 9.17) is 19.3 Å². The molecule has 0 radical (unpaired) electrons. The van der Waals surface area contributed by atoms with Crippen molar-refractivity contribution in [3.8, 4) is 34.3 Å². The van der Waals surface area contributed by atoms with Crippen molar-refractivity contribution >= 4 is 51.0 Å². The second-order valence-corrected chi connectivity index (χ2v) is 21.8. The van der Waals surface area contributed by atoms with Crippen molar-refractivity contribution in [2.75, 3.05) is 26.4 Å². The van der Waals surface area contributed by atoms with Gasteiger partial charge in [0.25, 0.3) is 0 Å². The molecule has 0 aliphatic rings. The molecule has 382 valence electrons. The maximum Gasteiger partial charge on any atom is 0.338 e. The van der Waals surface area contributed by atoms with Gasteiger partial charge in [-0.3, -0.25) is 0 Å². The molecule has 0 amide bonds. The zero-order chi connectivity index (χ0) is 52.5. The molecule has 0 bridgehead atoms. The summed E-state index contributed by atoms with van der Waals surface area (Å²) in [5, 5.41) is 40.4. The van der Waals surface area contributed by atoms with Gasteiger partial charge < -0.3 is 34.6 Å². The number of hydrogen-bond donors (Lipinski definition) is 4. The number of benzene rings is 6. The zero-order valence-electron chi connectivity index (χ0n) is 42.5. The molecular weight excluding hydrogens is 947 g/mol. The van der Waals surface area contributed by atoms with E-state index in [1.54, 1.807) is 60.7 Å². The topological polar surface area (TPSA) is 201 Å². The lowest BCUT2D eigenvalue weighted by molar-refractivity contribution is 0.0151. The van der Waals surface area contributed by atoms with Crippen LogP contribution in [0.2, 0.25) is 0 Å². The molecule has 0 saturated heterocycles. The van der Waals surface area contributed by atoms with Gasteiger partial charge in [0.05, 0.1) is 29.9 Å². The highest BCUT2D eigenvalue weighted by Gasteiger charge is 2.31. The maximum absolute atomic E-state index is 12.7. The molecule has 19 nitrogen and oxygen atoms in total. The van der Waals surface area contributed by atoms with Crippen molar-refractivity contribution in [3.63, 3.8) is 0 Å². The van der Waals surface area contributed by atoms with Crippen LogP contribution in [0.4, 0.5) is 0 Å². The molecule has 0 aliphatic heterocycles. The summed E-state index contributed by atoms with van der Waals surface area (Å²) in [6, 6.07) is 32.4. The summed E-state index contributed by atoms with van der Waals surface area (Å²) in [4.78, 5) is 42.1. The number of rotatable bonds is 12. The Morgan fingerprint density at radius 2 is 0.689 bits per heavy atom. The van der Waals surface area contributed by atoms with Crippen molar-refractivity contribution in [2.24, 2.45) is 0 Å². The van der Waals surface area contributed by atoms with Crippen molar-refractivity contribution < 1.29 is 49.0 Å². The van der Waals surface area contributed by atoms with Gasteiger partial charge in [-0.05, 0) is 124 Å². The molecule has 0 aliphatic carbocycles. The number of esters is 2. The first-order chi connectivity index (χ1) is 35.0. The number of aromatic carboxylic acids is 1. The van der Waals surface area contributed by atoms with Crippen LogP contribution in [0.25, 0.3) is 50.2 Å². The average molecular weight is 1000 g/mol. The molecule has 19 heteroatoms. The quantitative estimate of drug-likeness (QED) is 0.0675. The smallest absolute Gasteiger partial charge is 0.338 e. The number of aromatic hydroxyl groups is 3. The lowest BCUT2D eigenvalue weighted by atomic mass is 9.87. The summed E-state index contributed by atoms with van der Waals surface area (Å²) < 4.78 is 27.7. The van der Waals surface area contributed by atoms with Gasteiger partial charge >= 0.3 is 17.9 Å². The largest absolute Gasteiger partial charge is 0.506 e. The van der Waals surface area contributed by atoms with Gasteiger partial charge in [0.1, 0.15) is 80.6 Å². The van der Waals surface area contributed by atoms with Crippen LogP contribution in [-0.4, -0.2) is 107 Å². The number of fused-ring (bicyclic) bond motifs is 12. The van der Waals surface area contributed by atoms with E-state index < -0.39 is 17.9 Å². The van der Waals surface area contributed by atoms with E-state index in [1.165, 1.54) is 0 Å². The Morgan fingerprint density at radius 3 is 1.00 bits per heavy atom. The number of carboxylic acid groups (broad SMARTS) is 1. The van der Waals surface area contributed by atoms with Crippen LogP contribution < -0.4 is 0 Å². The second kappa shape index (κ2) is 16.7. The number of carbonyl (C=O) groups excluding carboxylic acids is 2. The Kier molecular flexibility index (Phi) is 10.7. The lowest BCUT2D eigenvalue weighted by Crippen LogP contribution is -2.15. The number of carbonyl (C=O) groups is 3. The molecule has 0 spiro atoms. The summed E-state index contributed by atoms with van der Waals surface area (Å²) >= 11 is 0. The van der Waals surface area contributed by atoms with E-state index in [0.29, 0.717) is 28.2 Å². The number of aromatic nitrogens is 9. The predicted molar refractivity (Wildman–Crippen MR) is 276 cm³/mol. The minimum atomic E-state index is -0.947. The molecule has 6 heterocycles. The summed E-state index contributed by atoms with van der Waals surface area (Å²) in [5.41, 5.74) is 11.5. The van der Waals surface area contributed by atoms with Crippen LogP contribution in [0.5, 0.6) is 17.2 Å². The lowest BCUT2D eigenvalue weighted by Gasteiger charge is -2.19. The Labute approximate surface area is 422 Å². The minimum absolute atomic E-state index is 0.0223. The maximum atomic E-state index is 12.7. The van der Waals surface area contributed by atoms with Crippen LogP contribution >= 0.6 is 0 Å². The van der Waals surface area contributed by atoms with Gasteiger partial charge in [0.2, 0.25) is 0 Å². The molecule has 74 heavy (non-hydrogen) atoms. The molecule has 12 rings (SSSR count). The molecule has 6 aromatic heterocycles. The number of phenolic OH excluding ortho intramolecular Hbond substituents is 3. The Bertz CT molecular complexity index is 3900. The first-order valence-electron chi connectivity index (χ1n) is 24.3. The zero-order valence-corrected chi connectivity index (χ0v) is 42.5. The fourth-order valence-electron chi connectivity index (χ4n) is 9.13. The van der Waals surface area contributed by atoms with Crippen LogP contribution in [0, 0.1) is 0 Å². The highest BCUT2D eigenvalue weighted by molar-refractivity contribution is 5.96. The SMILES string of the molecule is CC(C)(C)c1ccc(O)c(-n2n3c4ccc(C(=O)O)cc4n23)c1.CC(C)(C)c1ccc(O)c(-n2n3c4ccc(C(=O)OCCOCCOC(=O)c5ccc6c(c5)n5n(-c7cc(C(C)(C)C)ccc7O)n65)cc4n23)c1. The van der Waals surface area contributed by atoms with E-state index in [-0.39, 0.29) is 65.5 Å². The van der Waals surface area contributed by atoms with Gasteiger partial charge in [0, 0.05) is 0 Å². The summed E-state index contributed by atoms with van der Waals surface area (Å²) in [6.45, 7) is 19.5. The van der Waals surface area contributed by atoms with Crippen LogP contribution in [0.1, 0.15) is 110 Å². The highest BCUT2D eigenvalue weighted by Crippen LogP contribution is 2.38. The molecule has 0 fully saturated rings. The van der Waals surface area contributed by atoms with Crippen LogP contribution in [-0.2, 0) is 30.5 Å².